The van der Waals surface area contributed by atoms with Crippen molar-refractivity contribution >= 4 is 11.9 Å². The van der Waals surface area contributed by atoms with E-state index in [0.29, 0.717) is 0 Å². The van der Waals surface area contributed by atoms with E-state index < -0.39 is 23.9 Å². The molecule has 3 rings (SSSR count). The van der Waals surface area contributed by atoms with E-state index in [1.54, 1.807) is 5.10 Å². The summed E-state index contributed by atoms with van der Waals surface area (Å²) < 4.78 is 37.7. The van der Waals surface area contributed by atoms with Crippen molar-refractivity contribution in [1.29, 1.82) is 0 Å². The van der Waals surface area contributed by atoms with Crippen molar-refractivity contribution < 1.29 is 18.0 Å². The predicted molar refractivity (Wildman–Crippen MR) is 80.0 cm³/mol. The Morgan fingerprint density at radius 1 is 1.21 bits per heavy atom. The van der Waals surface area contributed by atoms with Crippen molar-refractivity contribution in [2.24, 2.45) is 0 Å². The van der Waals surface area contributed by atoms with Gasteiger partial charge in [-0.2, -0.15) is 18.2 Å². The quantitative estimate of drug-likeness (QED) is 0.898. The van der Waals surface area contributed by atoms with Crippen LogP contribution in [0.1, 0.15) is 30.3 Å². The van der Waals surface area contributed by atoms with Crippen LogP contribution < -0.4 is 5.32 Å². The topological polar surface area (TPSA) is 73.9 Å². The van der Waals surface area contributed by atoms with Crippen LogP contribution in [0.25, 0.3) is 0 Å². The minimum Gasteiger partial charge on any atom is -0.292 e. The van der Waals surface area contributed by atoms with Gasteiger partial charge in [-0.3, -0.25) is 20.1 Å². The van der Waals surface area contributed by atoms with E-state index in [1.165, 1.54) is 0 Å². The normalized spacial score (nSPS) is 17.0. The van der Waals surface area contributed by atoms with E-state index in [9.17, 15) is 18.0 Å². The number of carbonyl (C=O) groups is 1. The summed E-state index contributed by atoms with van der Waals surface area (Å²) in [5.74, 6) is -2.07. The first-order valence-corrected chi connectivity index (χ1v) is 7.54. The molecule has 1 aliphatic heterocycles. The summed E-state index contributed by atoms with van der Waals surface area (Å²) in [5.41, 5.74) is 0.781. The molecule has 2 heterocycles. The van der Waals surface area contributed by atoms with Crippen molar-refractivity contribution in [1.82, 2.24) is 20.1 Å². The monoisotopic (exact) mass is 339 g/mol. The van der Waals surface area contributed by atoms with Crippen LogP contribution in [0, 0.1) is 0 Å². The maximum Gasteiger partial charge on any atom is 0.451 e. The number of aromatic nitrogens is 3. The van der Waals surface area contributed by atoms with Crippen molar-refractivity contribution in [2.75, 3.05) is 18.4 Å². The highest BCUT2D eigenvalue weighted by Crippen LogP contribution is 2.28. The number of likely N-dealkylation sites (tertiary alicyclic amines) is 1. The summed E-state index contributed by atoms with van der Waals surface area (Å²) in [7, 11) is 0. The van der Waals surface area contributed by atoms with Crippen LogP contribution in [-0.4, -0.2) is 39.1 Å². The van der Waals surface area contributed by atoms with Gasteiger partial charge in [-0.15, -0.1) is 5.10 Å². The molecule has 2 aromatic rings. The Morgan fingerprint density at radius 2 is 1.88 bits per heavy atom. The summed E-state index contributed by atoms with van der Waals surface area (Å²) in [4.78, 5) is 17.9. The largest absolute Gasteiger partial charge is 0.451 e. The highest BCUT2D eigenvalue weighted by atomic mass is 19.4. The van der Waals surface area contributed by atoms with E-state index in [1.807, 2.05) is 35.2 Å². The smallest absolute Gasteiger partial charge is 0.292 e. The summed E-state index contributed by atoms with van der Waals surface area (Å²) in [6.45, 7) is 1.52. The second-order valence-electron chi connectivity index (χ2n) is 5.55. The van der Waals surface area contributed by atoms with Crippen LogP contribution in [-0.2, 0) is 11.0 Å². The fourth-order valence-electron chi connectivity index (χ4n) is 2.79. The molecule has 128 valence electrons. The number of amides is 1. The van der Waals surface area contributed by atoms with Gasteiger partial charge < -0.3 is 0 Å². The zero-order valence-corrected chi connectivity index (χ0v) is 12.7. The summed E-state index contributed by atoms with van der Waals surface area (Å²) in [6, 6.07) is 8.54. The third-order valence-electron chi connectivity index (χ3n) is 3.86. The van der Waals surface area contributed by atoms with E-state index in [0.717, 1.165) is 31.5 Å². The molecule has 1 aromatic heterocycles. The number of hydrogen-bond acceptors (Lipinski definition) is 4. The van der Waals surface area contributed by atoms with Crippen molar-refractivity contribution in [3.63, 3.8) is 0 Å². The molecule has 1 fully saturated rings. The zero-order chi connectivity index (χ0) is 17.2. The lowest BCUT2D eigenvalue weighted by atomic mass is 10.0. The molecule has 6 nitrogen and oxygen atoms in total. The number of rotatable bonds is 4. The standard InChI is InChI=1S/C15H16F3N5O/c16-15(17,18)13-20-14(22-21-13)19-12(24)11(23-8-4-5-9-23)10-6-2-1-3-7-10/h1-3,6-7,11H,4-5,8-9H2,(H2,19,20,21,22,24)/t11-/m1/s1. The molecule has 9 heteroatoms. The number of hydrogen-bond donors (Lipinski definition) is 2. The number of anilines is 1. The zero-order valence-electron chi connectivity index (χ0n) is 12.7. The highest BCUT2D eigenvalue weighted by molar-refractivity contribution is 5.94. The molecule has 1 saturated heterocycles. The molecule has 1 aromatic carbocycles. The lowest BCUT2D eigenvalue weighted by molar-refractivity contribution is -0.144. The van der Waals surface area contributed by atoms with E-state index >= 15 is 0 Å². The first-order chi connectivity index (χ1) is 11.4. The predicted octanol–water partition coefficient (Wildman–Crippen LogP) is 2.60. The van der Waals surface area contributed by atoms with Gasteiger partial charge in [0.15, 0.2) is 0 Å². The average Bonchev–Trinajstić information content (AvgIpc) is 3.20. The summed E-state index contributed by atoms with van der Waals surface area (Å²) in [5, 5.41) is 7.58. The number of H-pyrrole nitrogens is 1. The SMILES string of the molecule is O=C(Nc1n[nH]c(C(F)(F)F)n1)[C@@H](c1ccccc1)N1CCCC1. The number of halogens is 3. The van der Waals surface area contributed by atoms with Gasteiger partial charge in [0.05, 0.1) is 0 Å². The van der Waals surface area contributed by atoms with E-state index in [4.69, 9.17) is 0 Å². The van der Waals surface area contributed by atoms with E-state index in [2.05, 4.69) is 15.4 Å². The Hall–Kier alpha value is -2.42. The van der Waals surface area contributed by atoms with Gasteiger partial charge >= 0.3 is 6.18 Å². The molecule has 1 aliphatic rings. The van der Waals surface area contributed by atoms with E-state index in [-0.39, 0.29) is 5.95 Å². The van der Waals surface area contributed by atoms with Crippen LogP contribution in [0.5, 0.6) is 0 Å². The molecule has 0 saturated carbocycles. The third kappa shape index (κ3) is 3.56. The fourth-order valence-corrected chi connectivity index (χ4v) is 2.79. The average molecular weight is 339 g/mol. The number of aromatic amines is 1. The van der Waals surface area contributed by atoms with Crippen LogP contribution in [0.2, 0.25) is 0 Å². The second-order valence-corrected chi connectivity index (χ2v) is 5.55. The highest BCUT2D eigenvalue weighted by Gasteiger charge is 2.36. The van der Waals surface area contributed by atoms with Gasteiger partial charge in [0.1, 0.15) is 6.04 Å². The number of nitrogens with zero attached hydrogens (tertiary/aromatic N) is 3. The van der Waals surface area contributed by atoms with Crippen molar-refractivity contribution in [2.45, 2.75) is 25.1 Å². The minimum atomic E-state index is -4.64. The molecule has 0 bridgehead atoms. The van der Waals surface area contributed by atoms with Gasteiger partial charge in [0.25, 0.3) is 0 Å². The van der Waals surface area contributed by atoms with Crippen LogP contribution in [0.3, 0.4) is 0 Å². The Kier molecular flexibility index (Phi) is 4.52. The number of alkyl halides is 3. The summed E-state index contributed by atoms with van der Waals surface area (Å²) in [6.07, 6.45) is -2.67. The van der Waals surface area contributed by atoms with Gasteiger partial charge in [-0.1, -0.05) is 30.3 Å². The second kappa shape index (κ2) is 6.60. The summed E-state index contributed by atoms with van der Waals surface area (Å²) >= 11 is 0. The number of carbonyl (C=O) groups excluding carboxylic acids is 1. The molecule has 0 unspecified atom stereocenters. The van der Waals surface area contributed by atoms with Crippen LogP contribution in [0.15, 0.2) is 30.3 Å². The third-order valence-corrected chi connectivity index (χ3v) is 3.86. The maximum atomic E-state index is 12.6. The first kappa shape index (κ1) is 16.4. The molecular formula is C15H16F3N5O. The molecule has 2 N–H and O–H groups in total. The van der Waals surface area contributed by atoms with Gasteiger partial charge in [0.2, 0.25) is 17.7 Å². The lowest BCUT2D eigenvalue weighted by Crippen LogP contribution is -2.35. The molecule has 0 radical (unpaired) electrons. The Morgan fingerprint density at radius 3 is 2.46 bits per heavy atom. The fraction of sp³-hybridized carbons (Fsp3) is 0.400. The molecule has 1 amide bonds. The Balaban J connectivity index is 1.80. The molecule has 24 heavy (non-hydrogen) atoms. The Labute approximate surface area is 136 Å². The Bertz CT molecular complexity index is 695. The van der Waals surface area contributed by atoms with Gasteiger partial charge in [-0.05, 0) is 31.5 Å². The molecule has 1 atom stereocenters. The number of benzene rings is 1. The minimum absolute atomic E-state index is 0.382. The first-order valence-electron chi connectivity index (χ1n) is 7.54. The maximum absolute atomic E-state index is 12.6. The van der Waals surface area contributed by atoms with Crippen LogP contribution >= 0.6 is 0 Å². The van der Waals surface area contributed by atoms with Crippen LogP contribution in [0.4, 0.5) is 19.1 Å². The van der Waals surface area contributed by atoms with Gasteiger partial charge in [0, 0.05) is 0 Å². The van der Waals surface area contributed by atoms with Crippen molar-refractivity contribution in [3.05, 3.63) is 41.7 Å². The number of nitrogens with one attached hydrogen (secondary N) is 2. The molecular weight excluding hydrogens is 323 g/mol. The van der Waals surface area contributed by atoms with Gasteiger partial charge in [-0.25, -0.2) is 0 Å². The molecule has 0 spiro atoms. The molecule has 0 aliphatic carbocycles. The lowest BCUT2D eigenvalue weighted by Gasteiger charge is -2.26. The van der Waals surface area contributed by atoms with Crippen molar-refractivity contribution in [3.8, 4) is 0 Å².